The van der Waals surface area contributed by atoms with Crippen molar-refractivity contribution in [1.82, 2.24) is 0 Å². The van der Waals surface area contributed by atoms with Gasteiger partial charge in [-0.2, -0.15) is 0 Å². The van der Waals surface area contributed by atoms with E-state index in [1.54, 1.807) is 0 Å². The fourth-order valence-corrected chi connectivity index (χ4v) is 1.16. The van der Waals surface area contributed by atoms with E-state index in [9.17, 15) is 0 Å². The van der Waals surface area contributed by atoms with Crippen molar-refractivity contribution in [2.75, 3.05) is 0 Å². The molecule has 0 heterocycles. The van der Waals surface area contributed by atoms with Gasteiger partial charge in [0.25, 0.3) is 0 Å². The zero-order chi connectivity index (χ0) is 10.7. The molecule has 2 atom stereocenters. The van der Waals surface area contributed by atoms with Crippen LogP contribution in [0.2, 0.25) is 0 Å². The van der Waals surface area contributed by atoms with Gasteiger partial charge in [-0.15, -0.1) is 0 Å². The summed E-state index contributed by atoms with van der Waals surface area (Å²) in [5.41, 5.74) is 0. The van der Waals surface area contributed by atoms with Crippen LogP contribution in [0, 0.1) is 11.8 Å². The first-order valence-electron chi connectivity index (χ1n) is 6.13. The van der Waals surface area contributed by atoms with Crippen molar-refractivity contribution < 1.29 is 0 Å². The molecule has 0 nitrogen and oxygen atoms in total. The fraction of sp³-hybridized carbons (Fsp3) is 1.00. The maximum atomic E-state index is 2.33. The molecule has 82 valence electrons. The monoisotopic (exact) mass is 186 g/mol. The van der Waals surface area contributed by atoms with Crippen LogP contribution in [0.3, 0.4) is 0 Å². The molecule has 0 aliphatic rings. The maximum Gasteiger partial charge on any atom is -0.0420 e. The Labute approximate surface area is 86.1 Å². The van der Waals surface area contributed by atoms with Crippen molar-refractivity contribution in [2.45, 2.75) is 73.6 Å². The molecule has 0 saturated carbocycles. The third kappa shape index (κ3) is 12.0. The van der Waals surface area contributed by atoms with Gasteiger partial charge in [-0.25, -0.2) is 0 Å². The van der Waals surface area contributed by atoms with Crippen LogP contribution in [-0.4, -0.2) is 0 Å². The van der Waals surface area contributed by atoms with Gasteiger partial charge in [0.15, 0.2) is 0 Å². The Kier molecular flexibility index (Phi) is 14.3. The first kappa shape index (κ1) is 15.5. The lowest BCUT2D eigenvalue weighted by atomic mass is 9.92. The lowest BCUT2D eigenvalue weighted by Crippen LogP contribution is -2.04. The first-order valence-corrected chi connectivity index (χ1v) is 6.13. The predicted molar refractivity (Wildman–Crippen MR) is 64.1 cm³/mol. The second-order valence-corrected chi connectivity index (χ2v) is 4.12. The van der Waals surface area contributed by atoms with Gasteiger partial charge in [0.05, 0.1) is 0 Å². The third-order valence-electron chi connectivity index (χ3n) is 2.97. The Balaban J connectivity index is 0. The van der Waals surface area contributed by atoms with Crippen molar-refractivity contribution in [3.63, 3.8) is 0 Å². The van der Waals surface area contributed by atoms with E-state index in [0.29, 0.717) is 0 Å². The molecule has 0 bridgehead atoms. The molecule has 0 aromatic rings. The molecule has 0 rings (SSSR count). The summed E-state index contributed by atoms with van der Waals surface area (Å²) in [6, 6.07) is 0. The zero-order valence-corrected chi connectivity index (χ0v) is 10.7. The maximum absolute atomic E-state index is 2.33. The summed E-state index contributed by atoms with van der Waals surface area (Å²) >= 11 is 0. The second-order valence-electron chi connectivity index (χ2n) is 4.12. The first-order chi connectivity index (χ1) is 6.13. The SMILES string of the molecule is CCC(C)C(C)CC.CCCCC. The van der Waals surface area contributed by atoms with E-state index in [-0.39, 0.29) is 0 Å². The van der Waals surface area contributed by atoms with E-state index in [1.165, 1.54) is 32.1 Å². The van der Waals surface area contributed by atoms with Gasteiger partial charge in [-0.1, -0.05) is 73.6 Å². The highest BCUT2D eigenvalue weighted by Crippen LogP contribution is 2.16. The smallest absolute Gasteiger partial charge is 0.0420 e. The van der Waals surface area contributed by atoms with Crippen LogP contribution in [0.25, 0.3) is 0 Å². The van der Waals surface area contributed by atoms with Gasteiger partial charge in [0, 0.05) is 0 Å². The number of rotatable bonds is 5. The molecule has 0 aliphatic carbocycles. The highest BCUT2D eigenvalue weighted by atomic mass is 14.1. The van der Waals surface area contributed by atoms with Gasteiger partial charge in [0.1, 0.15) is 0 Å². The Morgan fingerprint density at radius 3 is 1.08 bits per heavy atom. The topological polar surface area (TPSA) is 0 Å². The summed E-state index contributed by atoms with van der Waals surface area (Å²) in [5, 5.41) is 0. The Morgan fingerprint density at radius 2 is 1.00 bits per heavy atom. The molecular weight excluding hydrogens is 156 g/mol. The molecule has 0 fully saturated rings. The molecule has 13 heavy (non-hydrogen) atoms. The van der Waals surface area contributed by atoms with Crippen molar-refractivity contribution in [1.29, 1.82) is 0 Å². The minimum absolute atomic E-state index is 0.917. The zero-order valence-electron chi connectivity index (χ0n) is 10.7. The molecule has 0 saturated heterocycles. The second kappa shape index (κ2) is 12.0. The molecular formula is C13H30. The van der Waals surface area contributed by atoms with Crippen LogP contribution in [0.4, 0.5) is 0 Å². The van der Waals surface area contributed by atoms with Crippen LogP contribution in [-0.2, 0) is 0 Å². The molecule has 0 radical (unpaired) electrons. The van der Waals surface area contributed by atoms with Gasteiger partial charge >= 0.3 is 0 Å². The summed E-state index contributed by atoms with van der Waals surface area (Å²) < 4.78 is 0. The lowest BCUT2D eigenvalue weighted by molar-refractivity contribution is 0.367. The molecule has 0 N–H and O–H groups in total. The predicted octanol–water partition coefficient (Wildman–Crippen LogP) is 5.28. The lowest BCUT2D eigenvalue weighted by Gasteiger charge is -2.14. The molecule has 0 aromatic heterocycles. The molecule has 0 heteroatoms. The van der Waals surface area contributed by atoms with Gasteiger partial charge in [-0.3, -0.25) is 0 Å². The van der Waals surface area contributed by atoms with Crippen LogP contribution in [0.5, 0.6) is 0 Å². The quantitative estimate of drug-likeness (QED) is 0.548. The third-order valence-corrected chi connectivity index (χ3v) is 2.97. The van der Waals surface area contributed by atoms with Crippen LogP contribution in [0.1, 0.15) is 73.6 Å². The molecule has 0 aromatic carbocycles. The van der Waals surface area contributed by atoms with Crippen molar-refractivity contribution in [3.8, 4) is 0 Å². The molecule has 0 aliphatic heterocycles. The average Bonchev–Trinajstić information content (AvgIpc) is 2.17. The van der Waals surface area contributed by atoms with Crippen LogP contribution < -0.4 is 0 Å². The number of hydrogen-bond donors (Lipinski definition) is 0. The standard InChI is InChI=1S/C8H18.C5H12/c1-5-7(3)8(4)6-2;1-3-5-4-2/h7-8H,5-6H2,1-4H3;3-5H2,1-2H3. The van der Waals surface area contributed by atoms with E-state index in [4.69, 9.17) is 0 Å². The van der Waals surface area contributed by atoms with Crippen molar-refractivity contribution in [3.05, 3.63) is 0 Å². The Morgan fingerprint density at radius 1 is 0.692 bits per heavy atom. The Hall–Kier alpha value is 0. The minimum Gasteiger partial charge on any atom is -0.0654 e. The summed E-state index contributed by atoms with van der Waals surface area (Å²) in [7, 11) is 0. The van der Waals surface area contributed by atoms with Crippen molar-refractivity contribution >= 4 is 0 Å². The minimum atomic E-state index is 0.917. The number of hydrogen-bond acceptors (Lipinski definition) is 0. The van der Waals surface area contributed by atoms with E-state index in [0.717, 1.165) is 11.8 Å². The summed E-state index contributed by atoms with van der Waals surface area (Å²) in [5.74, 6) is 1.83. The van der Waals surface area contributed by atoms with Gasteiger partial charge in [0.2, 0.25) is 0 Å². The van der Waals surface area contributed by atoms with Crippen LogP contribution in [0.15, 0.2) is 0 Å². The largest absolute Gasteiger partial charge is 0.0654 e. The summed E-state index contributed by atoms with van der Waals surface area (Å²) in [4.78, 5) is 0. The molecule has 2 unspecified atom stereocenters. The van der Waals surface area contributed by atoms with E-state index < -0.39 is 0 Å². The molecule has 0 amide bonds. The van der Waals surface area contributed by atoms with Gasteiger partial charge < -0.3 is 0 Å². The van der Waals surface area contributed by atoms with Gasteiger partial charge in [-0.05, 0) is 11.8 Å². The Bertz CT molecular complexity index is 66.1. The summed E-state index contributed by atoms with van der Waals surface area (Å²) in [6.45, 7) is 13.6. The fourth-order valence-electron chi connectivity index (χ4n) is 1.16. The van der Waals surface area contributed by atoms with Crippen molar-refractivity contribution in [2.24, 2.45) is 11.8 Å². The van der Waals surface area contributed by atoms with E-state index in [1.807, 2.05) is 0 Å². The normalized spacial score (nSPS) is 14.3. The average molecular weight is 186 g/mol. The highest BCUT2D eigenvalue weighted by Gasteiger charge is 2.05. The van der Waals surface area contributed by atoms with E-state index >= 15 is 0 Å². The summed E-state index contributed by atoms with van der Waals surface area (Å²) in [6.07, 6.45) is 6.73. The number of unbranched alkanes of at least 4 members (excludes halogenated alkanes) is 2. The highest BCUT2D eigenvalue weighted by molar-refractivity contribution is 4.56. The van der Waals surface area contributed by atoms with Crippen LogP contribution >= 0.6 is 0 Å². The molecule has 0 spiro atoms. The van der Waals surface area contributed by atoms with E-state index in [2.05, 4.69) is 41.5 Å².